The van der Waals surface area contributed by atoms with Gasteiger partial charge >= 0.3 is 5.97 Å². The first-order valence-electron chi connectivity index (χ1n) is 14.2. The molecule has 7 heteroatoms. The van der Waals surface area contributed by atoms with Gasteiger partial charge in [-0.05, 0) is 69.1 Å². The van der Waals surface area contributed by atoms with Crippen molar-refractivity contribution in [1.29, 1.82) is 0 Å². The van der Waals surface area contributed by atoms with Crippen molar-refractivity contribution >= 4 is 11.8 Å². The maximum Gasteiger partial charge on any atom is 0.312 e. The third-order valence-electron chi connectivity index (χ3n) is 9.53. The fraction of sp³-hybridized carbons (Fsp3) is 0.800. The fourth-order valence-corrected chi connectivity index (χ4v) is 6.61. The molecule has 0 unspecified atom stereocenters. The molecule has 8 atom stereocenters. The molecule has 3 aliphatic rings. The smallest absolute Gasteiger partial charge is 0.312 e. The van der Waals surface area contributed by atoms with Crippen molar-refractivity contribution in [2.45, 2.75) is 117 Å². The van der Waals surface area contributed by atoms with E-state index < -0.39 is 41.2 Å². The number of carbonyl (C=O) groups excluding carboxylic acids is 2. The summed E-state index contributed by atoms with van der Waals surface area (Å²) in [7, 11) is 0. The minimum Gasteiger partial charge on any atom is -0.459 e. The zero-order chi connectivity index (χ0) is 27.5. The van der Waals surface area contributed by atoms with Crippen molar-refractivity contribution in [2.24, 2.45) is 23.2 Å². The average molecular weight is 521 g/mol. The third kappa shape index (κ3) is 5.61. The van der Waals surface area contributed by atoms with Crippen LogP contribution in [-0.2, 0) is 19.1 Å². The summed E-state index contributed by atoms with van der Waals surface area (Å²) in [4.78, 5) is 26.4. The lowest BCUT2D eigenvalue weighted by atomic mass is 9.53. The Morgan fingerprint density at radius 3 is 2.54 bits per heavy atom. The van der Waals surface area contributed by atoms with Crippen LogP contribution in [0.1, 0.15) is 92.9 Å². The molecule has 1 saturated heterocycles. The van der Waals surface area contributed by atoms with Crippen LogP contribution in [0, 0.1) is 23.2 Å². The molecule has 0 bridgehead atoms. The van der Waals surface area contributed by atoms with Crippen LogP contribution in [0.3, 0.4) is 0 Å². The van der Waals surface area contributed by atoms with Crippen LogP contribution in [0.25, 0.3) is 0 Å². The lowest BCUT2D eigenvalue weighted by Gasteiger charge is -2.50. The van der Waals surface area contributed by atoms with Crippen LogP contribution < -0.4 is 0 Å². The number of ether oxygens (including phenoxy) is 2. The first-order valence-corrected chi connectivity index (χ1v) is 14.2. The maximum absolute atomic E-state index is 13.2. The number of hydrogen-bond donors (Lipinski definition) is 3. The molecule has 3 rings (SSSR count). The molecule has 37 heavy (non-hydrogen) atoms. The van der Waals surface area contributed by atoms with E-state index in [0.717, 1.165) is 32.1 Å². The highest BCUT2D eigenvalue weighted by molar-refractivity contribution is 6.04. The second kappa shape index (κ2) is 12.1. The minimum absolute atomic E-state index is 0.00925. The highest BCUT2D eigenvalue weighted by Crippen LogP contribution is 2.67. The van der Waals surface area contributed by atoms with Crippen LogP contribution in [0.2, 0.25) is 0 Å². The number of rotatable bonds is 12. The summed E-state index contributed by atoms with van der Waals surface area (Å²) < 4.78 is 12.2. The first kappa shape index (κ1) is 30.0. The standard InChI is InChI=1S/C30H48O7/c1-7-8-9-10-11-22(17-32)14-18(2)25(33)21(5)28(35)36-24-13-12-20(4)29(6)15-23(19(3)16-31)26(34)27-30(24,29)37-27/h14,20-22,24-25,27,31-33H,7-13,15-17H2,1-6H3/b18-14+,23-19-/t20-,21+,22-,24+,25+,27+,29+,30+/m0/s1. The van der Waals surface area contributed by atoms with E-state index in [1.807, 2.05) is 6.08 Å². The molecule has 0 aromatic rings. The van der Waals surface area contributed by atoms with E-state index in [2.05, 4.69) is 20.8 Å². The van der Waals surface area contributed by atoms with Gasteiger partial charge in [0.2, 0.25) is 0 Å². The van der Waals surface area contributed by atoms with Gasteiger partial charge in [-0.25, -0.2) is 0 Å². The van der Waals surface area contributed by atoms with E-state index in [1.165, 1.54) is 6.42 Å². The summed E-state index contributed by atoms with van der Waals surface area (Å²) in [5.41, 5.74) is 0.713. The van der Waals surface area contributed by atoms with E-state index in [1.54, 1.807) is 20.8 Å². The monoisotopic (exact) mass is 520 g/mol. The Labute approximate surface area is 222 Å². The molecule has 0 aromatic heterocycles. The minimum atomic E-state index is -1.02. The number of aliphatic hydroxyl groups is 3. The summed E-state index contributed by atoms with van der Waals surface area (Å²) in [5, 5.41) is 30.4. The Bertz CT molecular complexity index is 908. The predicted molar refractivity (Wildman–Crippen MR) is 142 cm³/mol. The third-order valence-corrected chi connectivity index (χ3v) is 9.53. The Morgan fingerprint density at radius 1 is 1.22 bits per heavy atom. The first-order chi connectivity index (χ1) is 17.5. The molecule has 0 amide bonds. The van der Waals surface area contributed by atoms with Gasteiger partial charge in [-0.2, -0.15) is 0 Å². The van der Waals surface area contributed by atoms with Crippen molar-refractivity contribution in [2.75, 3.05) is 13.2 Å². The van der Waals surface area contributed by atoms with E-state index >= 15 is 0 Å². The second-order valence-electron chi connectivity index (χ2n) is 12.0. The molecule has 0 radical (unpaired) electrons. The second-order valence-corrected chi connectivity index (χ2v) is 12.0. The maximum atomic E-state index is 13.2. The van der Waals surface area contributed by atoms with Crippen molar-refractivity contribution in [1.82, 2.24) is 0 Å². The zero-order valence-corrected chi connectivity index (χ0v) is 23.6. The molecule has 7 nitrogen and oxygen atoms in total. The molecule has 2 saturated carbocycles. The SMILES string of the molecule is CCCCCC[C@@H](/C=C(\C)[C@@H](O)[C@@H](C)C(=O)O[C@@H]1CC[C@H](C)[C@@]2(C)C/C(=C(\C)CO)C(=O)[C@H]3O[C@@]312)CO. The Balaban J connectivity index is 1.71. The summed E-state index contributed by atoms with van der Waals surface area (Å²) in [5.74, 6) is -1.20. The van der Waals surface area contributed by atoms with E-state index in [9.17, 15) is 24.9 Å². The zero-order valence-electron chi connectivity index (χ0n) is 23.6. The Kier molecular flexibility index (Phi) is 9.82. The quantitative estimate of drug-likeness (QED) is 0.116. The van der Waals surface area contributed by atoms with Gasteiger partial charge in [0, 0.05) is 17.9 Å². The molecule has 0 aromatic carbocycles. The topological polar surface area (TPSA) is 117 Å². The number of aliphatic hydroxyl groups excluding tert-OH is 3. The molecule has 2 aliphatic carbocycles. The molecule has 3 fully saturated rings. The van der Waals surface area contributed by atoms with Gasteiger partial charge in [-0.1, -0.05) is 52.5 Å². The number of unbranched alkanes of at least 4 members (excludes halogenated alkanes) is 3. The lowest BCUT2D eigenvalue weighted by molar-refractivity contribution is -0.171. The van der Waals surface area contributed by atoms with Crippen LogP contribution in [0.4, 0.5) is 0 Å². The highest BCUT2D eigenvalue weighted by atomic mass is 16.7. The van der Waals surface area contributed by atoms with Crippen molar-refractivity contribution in [3.8, 4) is 0 Å². The Morgan fingerprint density at radius 2 is 1.92 bits per heavy atom. The van der Waals surface area contributed by atoms with Crippen molar-refractivity contribution < 1.29 is 34.4 Å². The van der Waals surface area contributed by atoms with Gasteiger partial charge in [-0.15, -0.1) is 0 Å². The summed E-state index contributed by atoms with van der Waals surface area (Å²) in [6.07, 6.45) is 6.87. The van der Waals surface area contributed by atoms with Gasteiger partial charge in [0.1, 0.15) is 11.7 Å². The highest BCUT2D eigenvalue weighted by Gasteiger charge is 2.79. The number of Topliss-reactive ketones (excluding diaryl/α,β-unsaturated/α-hetero) is 1. The Hall–Kier alpha value is -1.54. The van der Waals surface area contributed by atoms with Gasteiger partial charge in [-0.3, -0.25) is 9.59 Å². The predicted octanol–water partition coefficient (Wildman–Crippen LogP) is 4.28. The van der Waals surface area contributed by atoms with Gasteiger partial charge < -0.3 is 24.8 Å². The normalized spacial score (nSPS) is 35.2. The molecule has 1 aliphatic heterocycles. The van der Waals surface area contributed by atoms with Crippen molar-refractivity contribution in [3.05, 3.63) is 22.8 Å². The van der Waals surface area contributed by atoms with Gasteiger partial charge in [0.05, 0.1) is 18.6 Å². The molecule has 1 spiro atoms. The molecular weight excluding hydrogens is 472 g/mol. The number of hydrogen-bond acceptors (Lipinski definition) is 7. The van der Waals surface area contributed by atoms with Gasteiger partial charge in [0.25, 0.3) is 0 Å². The van der Waals surface area contributed by atoms with Crippen LogP contribution in [0.5, 0.6) is 0 Å². The van der Waals surface area contributed by atoms with E-state index in [4.69, 9.17) is 9.47 Å². The van der Waals surface area contributed by atoms with Gasteiger partial charge in [0.15, 0.2) is 11.9 Å². The van der Waals surface area contributed by atoms with Crippen LogP contribution in [0.15, 0.2) is 22.8 Å². The van der Waals surface area contributed by atoms with E-state index in [-0.39, 0.29) is 30.8 Å². The summed E-state index contributed by atoms with van der Waals surface area (Å²) in [6, 6.07) is 0. The number of carbonyl (C=O) groups is 2. The average Bonchev–Trinajstić information content (AvgIpc) is 3.65. The number of esters is 1. The fourth-order valence-electron chi connectivity index (χ4n) is 6.61. The van der Waals surface area contributed by atoms with Crippen LogP contribution in [-0.4, -0.2) is 64.2 Å². The molecule has 1 heterocycles. The largest absolute Gasteiger partial charge is 0.459 e. The lowest BCUT2D eigenvalue weighted by Crippen LogP contribution is -2.59. The van der Waals surface area contributed by atoms with Crippen LogP contribution >= 0.6 is 0 Å². The molecule has 3 N–H and O–H groups in total. The van der Waals surface area contributed by atoms with E-state index in [0.29, 0.717) is 29.6 Å². The number of ketones is 1. The summed E-state index contributed by atoms with van der Waals surface area (Å²) in [6.45, 7) is 11.5. The summed E-state index contributed by atoms with van der Waals surface area (Å²) >= 11 is 0. The number of epoxide rings is 1. The molecular formula is C30H48O7. The molecule has 210 valence electrons. The van der Waals surface area contributed by atoms with Crippen molar-refractivity contribution in [3.63, 3.8) is 0 Å².